The van der Waals surface area contributed by atoms with E-state index in [0.717, 1.165) is 6.08 Å². The Morgan fingerprint density at radius 1 is 1.36 bits per heavy atom. The molecule has 4 heteroatoms. The van der Waals surface area contributed by atoms with Gasteiger partial charge in [0.15, 0.2) is 5.83 Å². The Labute approximate surface area is 80.2 Å². The van der Waals surface area contributed by atoms with Crippen LogP contribution in [-0.2, 0) is 4.79 Å². The van der Waals surface area contributed by atoms with E-state index in [9.17, 15) is 13.6 Å². The zero-order valence-electron chi connectivity index (χ0n) is 7.55. The van der Waals surface area contributed by atoms with Crippen molar-refractivity contribution in [3.05, 3.63) is 41.5 Å². The van der Waals surface area contributed by atoms with Crippen LogP contribution in [0.2, 0.25) is 0 Å². The third-order valence-corrected chi connectivity index (χ3v) is 1.61. The lowest BCUT2D eigenvalue weighted by atomic mass is 10.2. The third-order valence-electron chi connectivity index (χ3n) is 1.61. The van der Waals surface area contributed by atoms with Gasteiger partial charge in [0.2, 0.25) is 0 Å². The van der Waals surface area contributed by atoms with Crippen molar-refractivity contribution in [2.45, 2.75) is 0 Å². The van der Waals surface area contributed by atoms with Crippen LogP contribution in [0.4, 0.5) is 8.78 Å². The summed E-state index contributed by atoms with van der Waals surface area (Å²) in [7, 11) is 1.33. The number of likely N-dealkylation sites (N-methyl/N-ethyl adjacent to an activating group) is 1. The fourth-order valence-electron chi connectivity index (χ4n) is 0.890. The lowest BCUT2D eigenvalue weighted by molar-refractivity contribution is -0.118. The molecule has 0 aliphatic carbocycles. The fourth-order valence-corrected chi connectivity index (χ4v) is 0.890. The molecular weight excluding hydrogens is 188 g/mol. The van der Waals surface area contributed by atoms with Crippen LogP contribution in [0.15, 0.2) is 30.1 Å². The number of carbonyl (C=O) groups excluding carboxylic acids is 1. The van der Waals surface area contributed by atoms with Crippen molar-refractivity contribution in [2.24, 2.45) is 0 Å². The van der Waals surface area contributed by atoms with Crippen molar-refractivity contribution in [2.75, 3.05) is 7.05 Å². The molecule has 0 spiro atoms. The smallest absolute Gasteiger partial charge is 0.279 e. The van der Waals surface area contributed by atoms with Gasteiger partial charge >= 0.3 is 0 Å². The van der Waals surface area contributed by atoms with Gasteiger partial charge in [-0.3, -0.25) is 4.79 Å². The first-order valence-electron chi connectivity index (χ1n) is 3.98. The topological polar surface area (TPSA) is 29.1 Å². The average Bonchev–Trinajstić information content (AvgIpc) is 2.20. The maximum atomic E-state index is 12.9. The molecule has 1 N–H and O–H groups in total. The van der Waals surface area contributed by atoms with E-state index in [4.69, 9.17) is 0 Å². The number of nitrogens with one attached hydrogen (secondary N) is 1. The molecular formula is C10H9F2NO. The van der Waals surface area contributed by atoms with E-state index < -0.39 is 17.6 Å². The summed E-state index contributed by atoms with van der Waals surface area (Å²) in [5, 5.41) is 2.14. The predicted octanol–water partition coefficient (Wildman–Crippen LogP) is 1.88. The molecule has 0 saturated carbocycles. The van der Waals surface area contributed by atoms with Gasteiger partial charge in [0.25, 0.3) is 5.91 Å². The van der Waals surface area contributed by atoms with Gasteiger partial charge in [-0.25, -0.2) is 8.78 Å². The molecule has 1 aromatic carbocycles. The van der Waals surface area contributed by atoms with Crippen molar-refractivity contribution < 1.29 is 13.6 Å². The molecule has 1 rings (SSSR count). The van der Waals surface area contributed by atoms with Gasteiger partial charge in [0, 0.05) is 7.05 Å². The van der Waals surface area contributed by atoms with Gasteiger partial charge < -0.3 is 5.32 Å². The summed E-state index contributed by atoms with van der Waals surface area (Å²) in [6.07, 6.45) is 1.04. The minimum Gasteiger partial charge on any atom is -0.353 e. The second-order valence-electron chi connectivity index (χ2n) is 2.62. The Bertz CT molecular complexity index is 357. The molecule has 14 heavy (non-hydrogen) atoms. The molecule has 0 aliphatic heterocycles. The quantitative estimate of drug-likeness (QED) is 0.720. The summed E-state index contributed by atoms with van der Waals surface area (Å²) in [4.78, 5) is 10.8. The highest BCUT2D eigenvalue weighted by Crippen LogP contribution is 2.09. The minimum atomic E-state index is -0.904. The van der Waals surface area contributed by atoms with E-state index in [2.05, 4.69) is 5.32 Å². The SMILES string of the molecule is CNC(=O)/C(F)=C/c1ccc(F)cc1. The highest BCUT2D eigenvalue weighted by molar-refractivity contribution is 5.95. The summed E-state index contributed by atoms with van der Waals surface area (Å²) < 4.78 is 25.4. The van der Waals surface area contributed by atoms with E-state index in [1.807, 2.05) is 0 Å². The van der Waals surface area contributed by atoms with Crippen LogP contribution >= 0.6 is 0 Å². The largest absolute Gasteiger partial charge is 0.353 e. The summed E-state index contributed by atoms with van der Waals surface area (Å²) in [6, 6.07) is 5.17. The number of hydrogen-bond acceptors (Lipinski definition) is 1. The van der Waals surface area contributed by atoms with Crippen molar-refractivity contribution in [3.8, 4) is 0 Å². The Morgan fingerprint density at radius 3 is 2.43 bits per heavy atom. The number of rotatable bonds is 2. The van der Waals surface area contributed by atoms with Crippen LogP contribution in [0.1, 0.15) is 5.56 Å². The number of carbonyl (C=O) groups is 1. The van der Waals surface area contributed by atoms with Gasteiger partial charge in [0.1, 0.15) is 5.82 Å². The lowest BCUT2D eigenvalue weighted by Gasteiger charge is -1.96. The number of benzene rings is 1. The van der Waals surface area contributed by atoms with Crippen LogP contribution in [0.3, 0.4) is 0 Å². The van der Waals surface area contributed by atoms with Crippen LogP contribution in [-0.4, -0.2) is 13.0 Å². The Hall–Kier alpha value is -1.71. The molecule has 0 aromatic heterocycles. The van der Waals surface area contributed by atoms with E-state index in [-0.39, 0.29) is 0 Å². The van der Waals surface area contributed by atoms with E-state index in [1.165, 1.54) is 31.3 Å². The first-order chi connectivity index (χ1) is 6.63. The van der Waals surface area contributed by atoms with Crippen molar-refractivity contribution in [3.63, 3.8) is 0 Å². The maximum Gasteiger partial charge on any atom is 0.279 e. The highest BCUT2D eigenvalue weighted by atomic mass is 19.1. The van der Waals surface area contributed by atoms with Gasteiger partial charge in [-0.05, 0) is 23.8 Å². The summed E-state index contributed by atoms with van der Waals surface area (Å²) in [6.45, 7) is 0. The minimum absolute atomic E-state index is 0.400. The average molecular weight is 197 g/mol. The summed E-state index contributed by atoms with van der Waals surface area (Å²) >= 11 is 0. The fraction of sp³-hybridized carbons (Fsp3) is 0.100. The first kappa shape index (κ1) is 10.4. The van der Waals surface area contributed by atoms with E-state index in [0.29, 0.717) is 5.56 Å². The van der Waals surface area contributed by atoms with E-state index >= 15 is 0 Å². The van der Waals surface area contributed by atoms with Crippen molar-refractivity contribution in [1.82, 2.24) is 5.32 Å². The predicted molar refractivity (Wildman–Crippen MR) is 49.6 cm³/mol. The molecule has 0 fully saturated rings. The molecule has 0 heterocycles. The number of hydrogen-bond donors (Lipinski definition) is 1. The van der Waals surface area contributed by atoms with Crippen LogP contribution < -0.4 is 5.32 Å². The normalized spacial score (nSPS) is 11.2. The Kier molecular flexibility index (Phi) is 3.34. The molecule has 0 bridgehead atoms. The monoisotopic (exact) mass is 197 g/mol. The van der Waals surface area contributed by atoms with Crippen molar-refractivity contribution >= 4 is 12.0 Å². The Morgan fingerprint density at radius 2 is 1.93 bits per heavy atom. The van der Waals surface area contributed by atoms with Crippen molar-refractivity contribution in [1.29, 1.82) is 0 Å². The second kappa shape index (κ2) is 4.50. The molecule has 1 amide bonds. The van der Waals surface area contributed by atoms with Crippen LogP contribution in [0.25, 0.3) is 6.08 Å². The highest BCUT2D eigenvalue weighted by Gasteiger charge is 2.04. The van der Waals surface area contributed by atoms with E-state index in [1.54, 1.807) is 0 Å². The van der Waals surface area contributed by atoms with Crippen LogP contribution in [0.5, 0.6) is 0 Å². The second-order valence-corrected chi connectivity index (χ2v) is 2.62. The zero-order chi connectivity index (χ0) is 10.6. The zero-order valence-corrected chi connectivity index (χ0v) is 7.55. The molecule has 74 valence electrons. The standard InChI is InChI=1S/C10H9F2NO/c1-13-10(14)9(12)6-7-2-4-8(11)5-3-7/h2-6H,1H3,(H,13,14)/b9-6-. The molecule has 0 atom stereocenters. The summed E-state index contributed by atoms with van der Waals surface area (Å²) in [5.74, 6) is -2.10. The molecule has 0 radical (unpaired) electrons. The summed E-state index contributed by atoms with van der Waals surface area (Å²) in [5.41, 5.74) is 0.438. The molecule has 0 aliphatic rings. The molecule has 0 unspecified atom stereocenters. The van der Waals surface area contributed by atoms with Gasteiger partial charge in [0.05, 0.1) is 0 Å². The Balaban J connectivity index is 2.86. The maximum absolute atomic E-state index is 12.9. The molecule has 0 saturated heterocycles. The molecule has 2 nitrogen and oxygen atoms in total. The lowest BCUT2D eigenvalue weighted by Crippen LogP contribution is -2.17. The number of halogens is 2. The number of amides is 1. The van der Waals surface area contributed by atoms with Gasteiger partial charge in [-0.2, -0.15) is 0 Å². The van der Waals surface area contributed by atoms with Crippen LogP contribution in [0, 0.1) is 5.82 Å². The first-order valence-corrected chi connectivity index (χ1v) is 3.98. The van der Waals surface area contributed by atoms with Gasteiger partial charge in [-0.15, -0.1) is 0 Å². The third kappa shape index (κ3) is 2.65. The van der Waals surface area contributed by atoms with Gasteiger partial charge in [-0.1, -0.05) is 12.1 Å². The molecule has 1 aromatic rings.